The number of hydrogen-bond acceptors (Lipinski definition) is 0. The highest BCUT2D eigenvalue weighted by molar-refractivity contribution is 5.82. The number of allylic oxidation sites excluding steroid dienone is 2. The summed E-state index contributed by atoms with van der Waals surface area (Å²) in [7, 11) is 0. The van der Waals surface area contributed by atoms with Gasteiger partial charge in [0.1, 0.15) is 0 Å². The van der Waals surface area contributed by atoms with E-state index in [-0.39, 0.29) is 0 Å². The summed E-state index contributed by atoms with van der Waals surface area (Å²) in [5.41, 5.74) is 14.8. The van der Waals surface area contributed by atoms with Crippen LogP contribution in [0.15, 0.2) is 60.7 Å². The molecule has 0 spiro atoms. The maximum atomic E-state index is 8.65. The Morgan fingerprint density at radius 2 is 1.32 bits per heavy atom. The first kappa shape index (κ1) is 21.6. The largest absolute Gasteiger partial charge is 0.348 e. The van der Waals surface area contributed by atoms with E-state index < -0.39 is 0 Å². The van der Waals surface area contributed by atoms with Crippen molar-refractivity contribution < 1.29 is 4.79 Å². The predicted molar refractivity (Wildman–Crippen MR) is 120 cm³/mol. The maximum Gasteiger partial charge on any atom is 0.299 e. The first-order chi connectivity index (χ1) is 13.8. The molecular weight excluding hydrogens is 340 g/mol. The van der Waals surface area contributed by atoms with Crippen molar-refractivity contribution in [2.75, 3.05) is 0 Å². The zero-order valence-corrected chi connectivity index (χ0v) is 17.3. The quantitative estimate of drug-likeness (QED) is 0.133. The average Bonchev–Trinajstić information content (AvgIpc) is 2.74. The second-order valence-corrected chi connectivity index (χ2v) is 7.28. The molecule has 0 aromatic heterocycles. The van der Waals surface area contributed by atoms with Crippen LogP contribution in [0.1, 0.15) is 74.6 Å². The summed E-state index contributed by atoms with van der Waals surface area (Å²) in [6.45, 7) is 4.46. The Hall–Kier alpha value is -2.66. The topological polar surface area (TPSA) is 36.4 Å². The lowest BCUT2D eigenvalue weighted by molar-refractivity contribution is 0.00805. The molecule has 2 aromatic carbocycles. The Bertz CT molecular complexity index is 816. The lowest BCUT2D eigenvalue weighted by Crippen LogP contribution is -1.92. The second kappa shape index (κ2) is 12.7. The second-order valence-electron chi connectivity index (χ2n) is 7.28. The Morgan fingerprint density at radius 3 is 1.82 bits per heavy atom. The van der Waals surface area contributed by atoms with Crippen LogP contribution in [0, 0.1) is 0 Å². The Labute approximate surface area is 170 Å². The zero-order chi connectivity index (χ0) is 20.0. The lowest BCUT2D eigenvalue weighted by atomic mass is 9.94. The van der Waals surface area contributed by atoms with Crippen molar-refractivity contribution in [3.05, 3.63) is 88.5 Å². The van der Waals surface area contributed by atoms with Crippen LogP contribution in [0.4, 0.5) is 0 Å². The zero-order valence-electron chi connectivity index (χ0n) is 17.3. The van der Waals surface area contributed by atoms with E-state index in [1.165, 1.54) is 49.7 Å². The molecule has 0 heterocycles. The molecule has 28 heavy (non-hydrogen) atoms. The predicted octanol–water partition coefficient (Wildman–Crippen LogP) is 7.04. The normalized spacial score (nSPS) is 11.0. The highest BCUT2D eigenvalue weighted by Gasteiger charge is 2.06. The molecule has 0 bridgehead atoms. The number of rotatable bonds is 11. The fraction of sp³-hybridized carbons (Fsp3) is 0.385. The van der Waals surface area contributed by atoms with E-state index in [2.05, 4.69) is 73.0 Å². The summed E-state index contributed by atoms with van der Waals surface area (Å²) < 4.78 is 0. The maximum absolute atomic E-state index is 8.65. The van der Waals surface area contributed by atoms with Crippen molar-refractivity contribution in [1.29, 1.82) is 0 Å². The Balaban J connectivity index is 2.20. The monoisotopic (exact) mass is 372 g/mol. The molecular formula is C26H32N2. The molecule has 0 amide bonds. The lowest BCUT2D eigenvalue weighted by Gasteiger charge is -2.10. The Morgan fingerprint density at radius 1 is 0.786 bits per heavy atom. The van der Waals surface area contributed by atoms with Gasteiger partial charge in [0, 0.05) is 0 Å². The summed E-state index contributed by atoms with van der Waals surface area (Å²) in [6.07, 6.45) is 13.5. The summed E-state index contributed by atoms with van der Waals surface area (Å²) in [4.78, 5) is 2.96. The van der Waals surface area contributed by atoms with Gasteiger partial charge in [0.05, 0.1) is 6.08 Å². The molecule has 0 saturated heterocycles. The first-order valence-corrected chi connectivity index (χ1v) is 10.6. The van der Waals surface area contributed by atoms with Crippen LogP contribution in [0.2, 0.25) is 0 Å². The molecule has 2 heteroatoms. The van der Waals surface area contributed by atoms with E-state index in [0.717, 1.165) is 29.5 Å². The van der Waals surface area contributed by atoms with Gasteiger partial charge in [0.25, 0.3) is 5.87 Å². The minimum atomic E-state index is 1.11. The van der Waals surface area contributed by atoms with Crippen molar-refractivity contribution in [3.8, 4) is 0 Å². The fourth-order valence-electron chi connectivity index (χ4n) is 3.35. The summed E-state index contributed by atoms with van der Waals surface area (Å²) in [5.74, 6) is 2.49. The van der Waals surface area contributed by atoms with Gasteiger partial charge in [0.2, 0.25) is 0 Å². The van der Waals surface area contributed by atoms with Crippen LogP contribution in [-0.2, 0) is 12.8 Å². The van der Waals surface area contributed by atoms with E-state index in [9.17, 15) is 0 Å². The van der Waals surface area contributed by atoms with Crippen LogP contribution in [0.5, 0.6) is 0 Å². The highest BCUT2D eigenvalue weighted by Crippen LogP contribution is 2.25. The van der Waals surface area contributed by atoms with Gasteiger partial charge in [-0.3, -0.25) is 0 Å². The van der Waals surface area contributed by atoms with Crippen LogP contribution >= 0.6 is 0 Å². The van der Waals surface area contributed by atoms with Gasteiger partial charge in [-0.2, -0.15) is 0 Å². The highest BCUT2D eigenvalue weighted by atomic mass is 14.8. The van der Waals surface area contributed by atoms with Crippen molar-refractivity contribution in [2.24, 2.45) is 0 Å². The van der Waals surface area contributed by atoms with E-state index in [1.54, 1.807) is 6.08 Å². The first-order valence-electron chi connectivity index (χ1n) is 10.6. The smallest absolute Gasteiger partial charge is 0.299 e. The van der Waals surface area contributed by atoms with Crippen LogP contribution in [0.3, 0.4) is 0 Å². The van der Waals surface area contributed by atoms with Gasteiger partial charge < -0.3 is 5.53 Å². The molecule has 2 nitrogen and oxygen atoms in total. The molecule has 0 fully saturated rings. The summed E-state index contributed by atoms with van der Waals surface area (Å²) >= 11 is 0. The van der Waals surface area contributed by atoms with Crippen LogP contribution in [0.25, 0.3) is 11.1 Å². The van der Waals surface area contributed by atoms with Gasteiger partial charge in [-0.1, -0.05) is 88.1 Å². The summed E-state index contributed by atoms with van der Waals surface area (Å²) in [5, 5.41) is 0. The minimum Gasteiger partial charge on any atom is -0.348 e. The third-order valence-corrected chi connectivity index (χ3v) is 5.05. The molecule has 0 unspecified atom stereocenters. The molecule has 2 aromatic rings. The molecule has 2 rings (SSSR count). The Kier molecular flexibility index (Phi) is 9.80. The fourth-order valence-corrected chi connectivity index (χ4v) is 3.35. The van der Waals surface area contributed by atoms with Crippen molar-refractivity contribution in [2.45, 2.75) is 65.2 Å². The summed E-state index contributed by atoms with van der Waals surface area (Å²) in [6, 6.07) is 17.6. The van der Waals surface area contributed by atoms with Crippen LogP contribution in [-0.4, -0.2) is 10.7 Å². The van der Waals surface area contributed by atoms with E-state index in [1.807, 2.05) is 6.08 Å². The molecule has 0 atom stereocenters. The molecule has 0 saturated carbocycles. The molecule has 0 radical (unpaired) electrons. The molecule has 0 aliphatic heterocycles. The van der Waals surface area contributed by atoms with Crippen molar-refractivity contribution >= 4 is 11.4 Å². The van der Waals surface area contributed by atoms with Gasteiger partial charge in [0.15, 0.2) is 0 Å². The van der Waals surface area contributed by atoms with Crippen molar-refractivity contribution in [1.82, 2.24) is 0 Å². The molecule has 146 valence electrons. The van der Waals surface area contributed by atoms with E-state index in [4.69, 9.17) is 5.53 Å². The van der Waals surface area contributed by atoms with Gasteiger partial charge in [-0.25, -0.2) is 0 Å². The van der Waals surface area contributed by atoms with E-state index in [0.29, 0.717) is 0 Å². The van der Waals surface area contributed by atoms with Gasteiger partial charge >= 0.3 is 0 Å². The van der Waals surface area contributed by atoms with Crippen molar-refractivity contribution in [3.63, 3.8) is 0 Å². The van der Waals surface area contributed by atoms with Crippen LogP contribution < -0.4 is 0 Å². The number of benzene rings is 2. The van der Waals surface area contributed by atoms with Gasteiger partial charge in [-0.15, -0.1) is 4.79 Å². The minimum absolute atomic E-state index is 1.11. The SMILES string of the molecule is CCCCCCc1ccc(C(=CC=C=[N+]=[N-])c2ccc(CCCC)cc2)cc1. The average molecular weight is 373 g/mol. The molecule has 0 N–H and O–H groups in total. The number of unbranched alkanes of at least 4 members (excludes halogenated alkanes) is 4. The standard InChI is InChI=1S/C26H32N2/c1-3-5-7-8-11-23-15-19-25(20-16-23)26(12-9-21-28-27)24-17-13-22(14-18-24)10-6-4-2/h9,12-20H,3-8,10-11H2,1-2H3. The third kappa shape index (κ3) is 7.16. The third-order valence-electron chi connectivity index (χ3n) is 5.05. The molecule has 0 aliphatic carbocycles. The molecule has 0 aliphatic rings. The number of nitrogens with zero attached hydrogens (tertiary/aromatic N) is 2. The van der Waals surface area contributed by atoms with E-state index >= 15 is 0 Å². The number of aryl methyl sites for hydroxylation is 2. The van der Waals surface area contributed by atoms with Gasteiger partial charge in [-0.05, 0) is 59.6 Å². The number of hydrogen-bond donors (Lipinski definition) is 0.